The highest BCUT2D eigenvalue weighted by atomic mass is 32.2. The summed E-state index contributed by atoms with van der Waals surface area (Å²) >= 11 is 1.57. The van der Waals surface area contributed by atoms with Crippen molar-refractivity contribution in [3.63, 3.8) is 0 Å². The second kappa shape index (κ2) is 9.82. The molecule has 2 rings (SSSR count). The highest BCUT2D eigenvalue weighted by molar-refractivity contribution is 7.99. The van der Waals surface area contributed by atoms with E-state index in [-0.39, 0.29) is 36.3 Å². The normalized spacial score (nSPS) is 16.6. The van der Waals surface area contributed by atoms with Gasteiger partial charge in [0.2, 0.25) is 11.8 Å². The van der Waals surface area contributed by atoms with E-state index in [2.05, 4.69) is 10.6 Å². The SMILES string of the molecule is CN(Cc1ccccc1)C(=O)NCCC(=O)N1CSCC1C(=O)NC(C)(C)C. The fourth-order valence-corrected chi connectivity index (χ4v) is 4.02. The third-order valence-corrected chi connectivity index (χ3v) is 5.24. The highest BCUT2D eigenvalue weighted by Gasteiger charge is 2.35. The van der Waals surface area contributed by atoms with Crippen molar-refractivity contribution < 1.29 is 14.4 Å². The van der Waals surface area contributed by atoms with E-state index in [0.29, 0.717) is 18.2 Å². The lowest BCUT2D eigenvalue weighted by molar-refractivity contribution is -0.138. The average molecular weight is 407 g/mol. The Bertz CT molecular complexity index is 690. The molecule has 2 N–H and O–H groups in total. The van der Waals surface area contributed by atoms with Gasteiger partial charge in [0.25, 0.3) is 0 Å². The fourth-order valence-electron chi connectivity index (χ4n) is 2.84. The van der Waals surface area contributed by atoms with Crippen molar-refractivity contribution in [1.82, 2.24) is 20.4 Å². The van der Waals surface area contributed by atoms with Crippen molar-refractivity contribution in [1.29, 1.82) is 0 Å². The summed E-state index contributed by atoms with van der Waals surface area (Å²) in [5, 5.41) is 5.71. The van der Waals surface area contributed by atoms with E-state index in [0.717, 1.165) is 5.56 Å². The first kappa shape index (κ1) is 22.1. The summed E-state index contributed by atoms with van der Waals surface area (Å²) in [6, 6.07) is 9.03. The zero-order valence-electron chi connectivity index (χ0n) is 17.0. The largest absolute Gasteiger partial charge is 0.350 e. The molecule has 4 amide bonds. The average Bonchev–Trinajstić information content (AvgIpc) is 3.11. The Labute approximate surface area is 171 Å². The first-order chi connectivity index (χ1) is 13.2. The molecule has 1 unspecified atom stereocenters. The summed E-state index contributed by atoms with van der Waals surface area (Å²) in [5.41, 5.74) is 0.703. The Morgan fingerprint density at radius 3 is 2.54 bits per heavy atom. The molecule has 1 heterocycles. The number of urea groups is 1. The highest BCUT2D eigenvalue weighted by Crippen LogP contribution is 2.22. The first-order valence-corrected chi connectivity index (χ1v) is 10.5. The van der Waals surface area contributed by atoms with Crippen LogP contribution < -0.4 is 10.6 Å². The predicted octanol–water partition coefficient (Wildman–Crippen LogP) is 2.03. The maximum atomic E-state index is 12.5. The number of carbonyl (C=O) groups is 3. The smallest absolute Gasteiger partial charge is 0.317 e. The minimum atomic E-state index is -0.451. The molecule has 0 aromatic heterocycles. The van der Waals surface area contributed by atoms with Gasteiger partial charge in [-0.2, -0.15) is 0 Å². The maximum absolute atomic E-state index is 12.5. The zero-order valence-corrected chi connectivity index (χ0v) is 17.8. The van der Waals surface area contributed by atoms with Gasteiger partial charge in [-0.05, 0) is 26.3 Å². The van der Waals surface area contributed by atoms with Crippen molar-refractivity contribution in [2.75, 3.05) is 25.2 Å². The maximum Gasteiger partial charge on any atom is 0.317 e. The predicted molar refractivity (Wildman–Crippen MR) is 112 cm³/mol. The topological polar surface area (TPSA) is 81.8 Å². The van der Waals surface area contributed by atoms with E-state index >= 15 is 0 Å². The molecule has 8 heteroatoms. The van der Waals surface area contributed by atoms with Crippen LogP contribution in [0.25, 0.3) is 0 Å². The molecule has 0 radical (unpaired) electrons. The number of thioether (sulfide) groups is 1. The summed E-state index contributed by atoms with van der Waals surface area (Å²) in [7, 11) is 1.72. The monoisotopic (exact) mass is 406 g/mol. The molecule has 1 aromatic rings. The van der Waals surface area contributed by atoms with Gasteiger partial charge in [0.15, 0.2) is 0 Å². The number of amides is 4. The summed E-state index contributed by atoms with van der Waals surface area (Å²) in [4.78, 5) is 40.3. The molecule has 0 aliphatic carbocycles. The lowest BCUT2D eigenvalue weighted by Gasteiger charge is -2.28. The minimum Gasteiger partial charge on any atom is -0.350 e. The quantitative estimate of drug-likeness (QED) is 0.757. The summed E-state index contributed by atoms with van der Waals surface area (Å²) in [6.07, 6.45) is 0.171. The lowest BCUT2D eigenvalue weighted by Crippen LogP contribution is -2.52. The third kappa shape index (κ3) is 6.74. The Hall–Kier alpha value is -2.22. The molecule has 154 valence electrons. The third-order valence-electron chi connectivity index (χ3n) is 4.23. The van der Waals surface area contributed by atoms with Crippen LogP contribution in [0.4, 0.5) is 4.79 Å². The molecule has 1 aliphatic rings. The van der Waals surface area contributed by atoms with E-state index in [9.17, 15) is 14.4 Å². The number of hydrogen-bond acceptors (Lipinski definition) is 4. The van der Waals surface area contributed by atoms with Crippen LogP contribution in [0, 0.1) is 0 Å². The van der Waals surface area contributed by atoms with Gasteiger partial charge < -0.3 is 20.4 Å². The van der Waals surface area contributed by atoms with Crippen LogP contribution in [0.5, 0.6) is 0 Å². The fraction of sp³-hybridized carbons (Fsp3) is 0.550. The number of hydrogen-bond donors (Lipinski definition) is 2. The lowest BCUT2D eigenvalue weighted by atomic mass is 10.1. The molecule has 1 saturated heterocycles. The van der Waals surface area contributed by atoms with Gasteiger partial charge in [-0.15, -0.1) is 11.8 Å². The molecule has 28 heavy (non-hydrogen) atoms. The second-order valence-electron chi connectivity index (χ2n) is 7.94. The van der Waals surface area contributed by atoms with Crippen LogP contribution in [-0.4, -0.2) is 64.4 Å². The standard InChI is InChI=1S/C20H30N4O3S/c1-20(2,3)22-18(26)16-13-28-14-24(16)17(25)10-11-21-19(27)23(4)12-15-8-6-5-7-9-15/h5-9,16H,10-14H2,1-4H3,(H,21,27)(H,22,26). The van der Waals surface area contributed by atoms with Gasteiger partial charge in [0.05, 0.1) is 5.88 Å². The van der Waals surface area contributed by atoms with Crippen LogP contribution in [-0.2, 0) is 16.1 Å². The van der Waals surface area contributed by atoms with E-state index in [1.54, 1.807) is 28.6 Å². The Morgan fingerprint density at radius 1 is 1.21 bits per heavy atom. The van der Waals surface area contributed by atoms with E-state index in [4.69, 9.17) is 0 Å². The van der Waals surface area contributed by atoms with E-state index in [1.165, 1.54) is 0 Å². The number of benzene rings is 1. The van der Waals surface area contributed by atoms with Crippen molar-refractivity contribution >= 4 is 29.6 Å². The summed E-state index contributed by atoms with van der Waals surface area (Å²) in [5.74, 6) is 0.852. The van der Waals surface area contributed by atoms with Crippen LogP contribution in [0.2, 0.25) is 0 Å². The van der Waals surface area contributed by atoms with Crippen molar-refractivity contribution in [2.45, 2.75) is 45.3 Å². The van der Waals surface area contributed by atoms with Crippen LogP contribution in [0.1, 0.15) is 32.8 Å². The molecule has 1 aliphatic heterocycles. The number of nitrogens with one attached hydrogen (secondary N) is 2. The molecule has 7 nitrogen and oxygen atoms in total. The van der Waals surface area contributed by atoms with Crippen molar-refractivity contribution in [3.8, 4) is 0 Å². The first-order valence-electron chi connectivity index (χ1n) is 9.39. The molecule has 0 bridgehead atoms. The molecule has 1 fully saturated rings. The van der Waals surface area contributed by atoms with E-state index < -0.39 is 6.04 Å². The van der Waals surface area contributed by atoms with Gasteiger partial charge in [-0.1, -0.05) is 30.3 Å². The number of nitrogens with zero attached hydrogens (tertiary/aromatic N) is 2. The molecule has 0 spiro atoms. The minimum absolute atomic E-state index is 0.120. The number of rotatable bonds is 6. The molecular weight excluding hydrogens is 376 g/mol. The zero-order chi connectivity index (χ0) is 20.7. The van der Waals surface area contributed by atoms with Crippen LogP contribution in [0.3, 0.4) is 0 Å². The Balaban J connectivity index is 1.78. The van der Waals surface area contributed by atoms with Gasteiger partial charge in [0, 0.05) is 37.8 Å². The Morgan fingerprint density at radius 2 is 1.89 bits per heavy atom. The van der Waals surface area contributed by atoms with Gasteiger partial charge in [-0.3, -0.25) is 9.59 Å². The molecule has 0 saturated carbocycles. The van der Waals surface area contributed by atoms with Crippen LogP contribution in [0.15, 0.2) is 30.3 Å². The summed E-state index contributed by atoms with van der Waals surface area (Å²) in [6.45, 7) is 6.49. The van der Waals surface area contributed by atoms with Gasteiger partial charge in [-0.25, -0.2) is 4.79 Å². The summed E-state index contributed by atoms with van der Waals surface area (Å²) < 4.78 is 0. The molecule has 1 atom stereocenters. The molecular formula is C20H30N4O3S. The van der Waals surface area contributed by atoms with Crippen LogP contribution >= 0.6 is 11.8 Å². The van der Waals surface area contributed by atoms with Gasteiger partial charge >= 0.3 is 6.03 Å². The van der Waals surface area contributed by atoms with E-state index in [1.807, 2.05) is 51.1 Å². The van der Waals surface area contributed by atoms with Crippen molar-refractivity contribution in [2.24, 2.45) is 0 Å². The van der Waals surface area contributed by atoms with Gasteiger partial charge in [0.1, 0.15) is 6.04 Å². The molecule has 1 aromatic carbocycles. The van der Waals surface area contributed by atoms with Crippen molar-refractivity contribution in [3.05, 3.63) is 35.9 Å². The second-order valence-corrected chi connectivity index (χ2v) is 8.94. The Kier molecular flexibility index (Phi) is 7.74. The number of carbonyl (C=O) groups excluding carboxylic acids is 3.